The largest absolute Gasteiger partial charge is 0.497 e. The van der Waals surface area contributed by atoms with Gasteiger partial charge in [-0.25, -0.2) is 9.67 Å². The van der Waals surface area contributed by atoms with E-state index in [1.807, 2.05) is 48.7 Å². The fraction of sp³-hybridized carbons (Fsp3) is 0.250. The molecule has 8 heteroatoms. The quantitative estimate of drug-likeness (QED) is 0.353. The lowest BCUT2D eigenvalue weighted by Crippen LogP contribution is -2.38. The fourth-order valence-electron chi connectivity index (χ4n) is 2.52. The number of aliphatic imine (C=N–C) groups is 1. The summed E-state index contributed by atoms with van der Waals surface area (Å²) in [6, 6.07) is 13.3. The van der Waals surface area contributed by atoms with Gasteiger partial charge in [-0.1, -0.05) is 0 Å². The van der Waals surface area contributed by atoms with Gasteiger partial charge in [-0.15, -0.1) is 0 Å². The third-order valence-electron chi connectivity index (χ3n) is 3.96. The minimum atomic E-state index is 0.520. The van der Waals surface area contributed by atoms with Crippen molar-refractivity contribution in [1.29, 1.82) is 0 Å². The van der Waals surface area contributed by atoms with Crippen molar-refractivity contribution in [1.82, 2.24) is 25.4 Å². The Morgan fingerprint density at radius 3 is 2.64 bits per heavy atom. The summed E-state index contributed by atoms with van der Waals surface area (Å²) in [5, 5.41) is 10.7. The fourth-order valence-corrected chi connectivity index (χ4v) is 2.52. The van der Waals surface area contributed by atoms with Gasteiger partial charge in [-0.05, 0) is 48.0 Å². The lowest BCUT2D eigenvalue weighted by Gasteiger charge is -2.13. The van der Waals surface area contributed by atoms with Crippen LogP contribution in [0.2, 0.25) is 0 Å². The predicted octanol–water partition coefficient (Wildman–Crippen LogP) is 2.02. The van der Waals surface area contributed by atoms with E-state index in [9.17, 15) is 0 Å². The van der Waals surface area contributed by atoms with Gasteiger partial charge in [0.2, 0.25) is 0 Å². The molecule has 0 spiro atoms. The van der Waals surface area contributed by atoms with Crippen molar-refractivity contribution in [3.8, 4) is 17.3 Å². The lowest BCUT2D eigenvalue weighted by molar-refractivity contribution is 0.321. The average Bonchev–Trinajstić information content (AvgIpc) is 3.29. The minimum Gasteiger partial charge on any atom is -0.497 e. The summed E-state index contributed by atoms with van der Waals surface area (Å²) < 4.78 is 12.6. The lowest BCUT2D eigenvalue weighted by atomic mass is 10.2. The zero-order valence-electron chi connectivity index (χ0n) is 16.0. The van der Waals surface area contributed by atoms with Crippen LogP contribution in [0.3, 0.4) is 0 Å². The highest BCUT2D eigenvalue weighted by molar-refractivity contribution is 5.79. The molecule has 2 heterocycles. The van der Waals surface area contributed by atoms with Gasteiger partial charge >= 0.3 is 0 Å². The number of methoxy groups -OCH3 is 1. The molecule has 3 rings (SSSR count). The average molecular weight is 380 g/mol. The summed E-state index contributed by atoms with van der Waals surface area (Å²) >= 11 is 0. The summed E-state index contributed by atoms with van der Waals surface area (Å²) in [4.78, 5) is 8.56. The van der Waals surface area contributed by atoms with E-state index in [0.29, 0.717) is 25.7 Å². The Hall–Kier alpha value is -3.55. The molecular weight excluding hydrogens is 356 g/mol. The topological polar surface area (TPSA) is 85.6 Å². The molecule has 0 saturated heterocycles. The van der Waals surface area contributed by atoms with Crippen LogP contribution in [0.4, 0.5) is 0 Å². The van der Waals surface area contributed by atoms with Gasteiger partial charge in [0.25, 0.3) is 0 Å². The van der Waals surface area contributed by atoms with E-state index in [1.165, 1.54) is 0 Å². The molecule has 2 aromatic heterocycles. The SMILES string of the molecule is CN=C(NCCOc1ccc(OC)cc1)NCc1ccnc(-n2cccn2)c1. The number of ether oxygens (including phenoxy) is 2. The normalized spacial score (nSPS) is 11.1. The molecule has 0 aliphatic carbocycles. The first-order valence-corrected chi connectivity index (χ1v) is 8.95. The molecule has 146 valence electrons. The Kier molecular flexibility index (Phi) is 6.84. The van der Waals surface area contributed by atoms with Crippen LogP contribution in [0.15, 0.2) is 66.0 Å². The summed E-state index contributed by atoms with van der Waals surface area (Å²) in [6.45, 7) is 1.77. The van der Waals surface area contributed by atoms with Crippen molar-refractivity contribution >= 4 is 5.96 Å². The maximum Gasteiger partial charge on any atom is 0.191 e. The minimum absolute atomic E-state index is 0.520. The van der Waals surface area contributed by atoms with Crippen LogP contribution in [-0.2, 0) is 6.54 Å². The van der Waals surface area contributed by atoms with Crippen molar-refractivity contribution in [3.63, 3.8) is 0 Å². The molecule has 1 aromatic carbocycles. The zero-order chi connectivity index (χ0) is 19.6. The number of aromatic nitrogens is 3. The molecule has 0 aliphatic rings. The monoisotopic (exact) mass is 380 g/mol. The maximum absolute atomic E-state index is 5.70. The summed E-state index contributed by atoms with van der Waals surface area (Å²) in [5.74, 6) is 3.09. The van der Waals surface area contributed by atoms with Gasteiger partial charge < -0.3 is 20.1 Å². The highest BCUT2D eigenvalue weighted by Gasteiger charge is 2.02. The second kappa shape index (κ2) is 9.96. The molecule has 2 N–H and O–H groups in total. The summed E-state index contributed by atoms with van der Waals surface area (Å²) in [6.07, 6.45) is 5.36. The zero-order valence-corrected chi connectivity index (χ0v) is 16.0. The molecule has 0 saturated carbocycles. The van der Waals surface area contributed by atoms with E-state index in [2.05, 4.69) is 25.7 Å². The smallest absolute Gasteiger partial charge is 0.191 e. The first-order chi connectivity index (χ1) is 13.8. The standard InChI is InChI=1S/C20H24N6O2/c1-21-20(23-11-13-28-18-6-4-17(27-2)5-7-18)24-15-16-8-10-22-19(14-16)26-12-3-9-25-26/h3-10,12,14H,11,13,15H2,1-2H3,(H2,21,23,24). The van der Waals surface area contributed by atoms with Crippen molar-refractivity contribution in [3.05, 3.63) is 66.6 Å². The van der Waals surface area contributed by atoms with Gasteiger partial charge in [-0.3, -0.25) is 4.99 Å². The van der Waals surface area contributed by atoms with E-state index in [4.69, 9.17) is 9.47 Å². The number of pyridine rings is 1. The molecule has 8 nitrogen and oxygen atoms in total. The van der Waals surface area contributed by atoms with E-state index < -0.39 is 0 Å². The van der Waals surface area contributed by atoms with E-state index >= 15 is 0 Å². The second-order valence-corrected chi connectivity index (χ2v) is 5.85. The molecular formula is C20H24N6O2. The molecule has 0 amide bonds. The van der Waals surface area contributed by atoms with Crippen LogP contribution in [0, 0.1) is 0 Å². The molecule has 0 atom stereocenters. The predicted molar refractivity (Wildman–Crippen MR) is 108 cm³/mol. The highest BCUT2D eigenvalue weighted by Crippen LogP contribution is 2.16. The molecule has 0 radical (unpaired) electrons. The van der Waals surface area contributed by atoms with Gasteiger partial charge in [-0.2, -0.15) is 5.10 Å². The number of hydrogen-bond donors (Lipinski definition) is 2. The number of hydrogen-bond acceptors (Lipinski definition) is 5. The number of guanidine groups is 1. The van der Waals surface area contributed by atoms with Crippen molar-refractivity contribution in [2.75, 3.05) is 27.3 Å². The molecule has 0 aliphatic heterocycles. The van der Waals surface area contributed by atoms with Crippen LogP contribution < -0.4 is 20.1 Å². The number of rotatable bonds is 8. The summed E-state index contributed by atoms with van der Waals surface area (Å²) in [5.41, 5.74) is 1.08. The van der Waals surface area contributed by atoms with Crippen LogP contribution in [-0.4, -0.2) is 48.0 Å². The van der Waals surface area contributed by atoms with Gasteiger partial charge in [0.15, 0.2) is 11.8 Å². The van der Waals surface area contributed by atoms with Gasteiger partial charge in [0, 0.05) is 32.2 Å². The van der Waals surface area contributed by atoms with Crippen molar-refractivity contribution in [2.24, 2.45) is 4.99 Å². The van der Waals surface area contributed by atoms with Gasteiger partial charge in [0.1, 0.15) is 18.1 Å². The Morgan fingerprint density at radius 1 is 1.11 bits per heavy atom. The van der Waals surface area contributed by atoms with E-state index in [0.717, 1.165) is 22.9 Å². The maximum atomic E-state index is 5.70. The van der Waals surface area contributed by atoms with Gasteiger partial charge in [0.05, 0.1) is 13.7 Å². The molecule has 0 unspecified atom stereocenters. The Labute approximate surface area is 164 Å². The number of nitrogens with one attached hydrogen (secondary N) is 2. The molecule has 0 fully saturated rings. The third kappa shape index (κ3) is 5.47. The van der Waals surface area contributed by atoms with Crippen LogP contribution in [0.25, 0.3) is 5.82 Å². The van der Waals surface area contributed by atoms with Crippen LogP contribution in [0.5, 0.6) is 11.5 Å². The van der Waals surface area contributed by atoms with E-state index in [-0.39, 0.29) is 0 Å². The Balaban J connectivity index is 1.43. The molecule has 0 bridgehead atoms. The number of benzene rings is 1. The first kappa shape index (κ1) is 19.2. The van der Waals surface area contributed by atoms with Crippen molar-refractivity contribution in [2.45, 2.75) is 6.54 Å². The second-order valence-electron chi connectivity index (χ2n) is 5.85. The third-order valence-corrected chi connectivity index (χ3v) is 3.96. The molecule has 28 heavy (non-hydrogen) atoms. The Morgan fingerprint density at radius 2 is 1.93 bits per heavy atom. The molecule has 3 aromatic rings. The van der Waals surface area contributed by atoms with Crippen LogP contribution >= 0.6 is 0 Å². The summed E-state index contributed by atoms with van der Waals surface area (Å²) in [7, 11) is 3.38. The number of nitrogens with zero attached hydrogens (tertiary/aromatic N) is 4. The first-order valence-electron chi connectivity index (χ1n) is 8.95. The van der Waals surface area contributed by atoms with E-state index in [1.54, 1.807) is 31.2 Å². The van der Waals surface area contributed by atoms with Crippen molar-refractivity contribution < 1.29 is 9.47 Å². The highest BCUT2D eigenvalue weighted by atomic mass is 16.5. The Bertz CT molecular complexity index is 878. The van der Waals surface area contributed by atoms with Crippen LogP contribution in [0.1, 0.15) is 5.56 Å².